The molecule has 2 rings (SSSR count). The molecule has 4 heteroatoms. The van der Waals surface area contributed by atoms with Crippen LogP contribution in [0.1, 0.15) is 22.8 Å². The van der Waals surface area contributed by atoms with Gasteiger partial charge in [0.05, 0.1) is 5.69 Å². The van der Waals surface area contributed by atoms with Crippen LogP contribution in [-0.2, 0) is 6.42 Å². The third kappa shape index (κ3) is 3.35. The Balaban J connectivity index is 2.15. The number of benzene rings is 2. The molecule has 19 heavy (non-hydrogen) atoms. The molecule has 1 amide bonds. The normalized spacial score (nSPS) is 10.2. The average Bonchev–Trinajstić information content (AvgIpc) is 2.42. The van der Waals surface area contributed by atoms with E-state index in [1.807, 2.05) is 24.3 Å². The monoisotopic (exact) mass is 318 g/mol. The summed E-state index contributed by atoms with van der Waals surface area (Å²) in [6.07, 6.45) is 0.964. The summed E-state index contributed by atoms with van der Waals surface area (Å²) in [5.74, 6) is -0.131. The van der Waals surface area contributed by atoms with Crippen molar-refractivity contribution >= 4 is 33.2 Å². The molecule has 0 saturated carbocycles. The van der Waals surface area contributed by atoms with Gasteiger partial charge >= 0.3 is 0 Å². The molecule has 2 aromatic carbocycles. The van der Waals surface area contributed by atoms with Crippen molar-refractivity contribution in [1.29, 1.82) is 0 Å². The quantitative estimate of drug-likeness (QED) is 0.845. The molecule has 0 fully saturated rings. The molecular formula is C15H15BrN2O. The first-order valence-corrected chi connectivity index (χ1v) is 6.84. The van der Waals surface area contributed by atoms with Crippen LogP contribution in [0.25, 0.3) is 0 Å². The molecule has 0 radical (unpaired) electrons. The standard InChI is InChI=1S/C15H15BrN2O/c1-2-10-3-5-11(6-4-10)15(19)18-14-8-7-12(17)9-13(14)16/h3-9H,2,17H2,1H3,(H,18,19). The molecular weight excluding hydrogens is 304 g/mol. The lowest BCUT2D eigenvalue weighted by Gasteiger charge is -2.08. The van der Waals surface area contributed by atoms with Crippen LogP contribution in [0.5, 0.6) is 0 Å². The van der Waals surface area contributed by atoms with E-state index in [-0.39, 0.29) is 5.91 Å². The summed E-state index contributed by atoms with van der Waals surface area (Å²) in [6.45, 7) is 2.08. The predicted molar refractivity (Wildman–Crippen MR) is 82.3 cm³/mol. The highest BCUT2D eigenvalue weighted by atomic mass is 79.9. The van der Waals surface area contributed by atoms with Crippen molar-refractivity contribution in [2.45, 2.75) is 13.3 Å². The summed E-state index contributed by atoms with van der Waals surface area (Å²) in [5.41, 5.74) is 8.87. The van der Waals surface area contributed by atoms with E-state index in [0.717, 1.165) is 10.9 Å². The molecule has 0 aliphatic carbocycles. The SMILES string of the molecule is CCc1ccc(C(=O)Nc2ccc(N)cc2Br)cc1. The number of carbonyl (C=O) groups excluding carboxylic acids is 1. The maximum atomic E-state index is 12.1. The van der Waals surface area contributed by atoms with Crippen LogP contribution in [0, 0.1) is 0 Å². The molecule has 0 aliphatic heterocycles. The Morgan fingerprint density at radius 2 is 1.89 bits per heavy atom. The molecule has 0 heterocycles. The Bertz CT molecular complexity index is 594. The van der Waals surface area contributed by atoms with E-state index < -0.39 is 0 Å². The fraction of sp³-hybridized carbons (Fsp3) is 0.133. The maximum absolute atomic E-state index is 12.1. The van der Waals surface area contributed by atoms with Crippen LogP contribution in [0.3, 0.4) is 0 Å². The average molecular weight is 319 g/mol. The van der Waals surface area contributed by atoms with Crippen molar-refractivity contribution in [3.8, 4) is 0 Å². The van der Waals surface area contributed by atoms with Gasteiger partial charge in [0.25, 0.3) is 5.91 Å². The van der Waals surface area contributed by atoms with Crippen LogP contribution < -0.4 is 11.1 Å². The van der Waals surface area contributed by atoms with Crippen molar-refractivity contribution in [2.75, 3.05) is 11.1 Å². The summed E-state index contributed by atoms with van der Waals surface area (Å²) in [6, 6.07) is 12.9. The number of rotatable bonds is 3. The first-order valence-electron chi connectivity index (χ1n) is 6.05. The first-order chi connectivity index (χ1) is 9.10. The van der Waals surface area contributed by atoms with Gasteiger partial charge in [-0.25, -0.2) is 0 Å². The number of amides is 1. The molecule has 0 aromatic heterocycles. The summed E-state index contributed by atoms with van der Waals surface area (Å²) in [5, 5.41) is 2.85. The highest BCUT2D eigenvalue weighted by Crippen LogP contribution is 2.25. The highest BCUT2D eigenvalue weighted by Gasteiger charge is 2.08. The number of nitrogens with two attached hydrogens (primary N) is 1. The van der Waals surface area contributed by atoms with E-state index in [2.05, 4.69) is 28.2 Å². The van der Waals surface area contributed by atoms with E-state index in [1.165, 1.54) is 5.56 Å². The molecule has 0 saturated heterocycles. The highest BCUT2D eigenvalue weighted by molar-refractivity contribution is 9.10. The van der Waals surface area contributed by atoms with Gasteiger partial charge in [0, 0.05) is 15.7 Å². The van der Waals surface area contributed by atoms with Crippen LogP contribution >= 0.6 is 15.9 Å². The van der Waals surface area contributed by atoms with E-state index in [1.54, 1.807) is 18.2 Å². The number of halogens is 1. The van der Waals surface area contributed by atoms with Gasteiger partial charge in [-0.3, -0.25) is 4.79 Å². The Labute approximate surface area is 121 Å². The van der Waals surface area contributed by atoms with E-state index in [4.69, 9.17) is 5.73 Å². The number of anilines is 2. The second-order valence-corrected chi connectivity index (χ2v) is 5.10. The van der Waals surface area contributed by atoms with Crippen molar-refractivity contribution in [1.82, 2.24) is 0 Å². The zero-order valence-electron chi connectivity index (χ0n) is 10.6. The molecule has 2 aromatic rings. The largest absolute Gasteiger partial charge is 0.399 e. The molecule has 0 unspecified atom stereocenters. The second kappa shape index (κ2) is 5.89. The van der Waals surface area contributed by atoms with Crippen LogP contribution in [-0.4, -0.2) is 5.91 Å². The van der Waals surface area contributed by atoms with Crippen LogP contribution in [0.2, 0.25) is 0 Å². The first kappa shape index (κ1) is 13.6. The van der Waals surface area contributed by atoms with Gasteiger partial charge in [0.2, 0.25) is 0 Å². The van der Waals surface area contributed by atoms with E-state index in [0.29, 0.717) is 16.9 Å². The van der Waals surface area contributed by atoms with Gasteiger partial charge in [-0.05, 0) is 58.2 Å². The van der Waals surface area contributed by atoms with Crippen molar-refractivity contribution in [3.63, 3.8) is 0 Å². The number of carbonyl (C=O) groups is 1. The van der Waals surface area contributed by atoms with Crippen molar-refractivity contribution < 1.29 is 4.79 Å². The van der Waals surface area contributed by atoms with E-state index >= 15 is 0 Å². The van der Waals surface area contributed by atoms with Gasteiger partial charge < -0.3 is 11.1 Å². The zero-order chi connectivity index (χ0) is 13.8. The van der Waals surface area contributed by atoms with E-state index in [9.17, 15) is 4.79 Å². The van der Waals surface area contributed by atoms with Crippen LogP contribution in [0.4, 0.5) is 11.4 Å². The number of aryl methyl sites for hydroxylation is 1. The molecule has 3 N–H and O–H groups in total. The number of hydrogen-bond donors (Lipinski definition) is 2. The van der Waals surface area contributed by atoms with Gasteiger partial charge in [0.15, 0.2) is 0 Å². The summed E-state index contributed by atoms with van der Waals surface area (Å²) in [7, 11) is 0. The summed E-state index contributed by atoms with van der Waals surface area (Å²) < 4.78 is 0.769. The molecule has 0 atom stereocenters. The lowest BCUT2D eigenvalue weighted by Crippen LogP contribution is -2.12. The third-order valence-electron chi connectivity index (χ3n) is 2.87. The van der Waals surface area contributed by atoms with Gasteiger partial charge in [-0.2, -0.15) is 0 Å². The van der Waals surface area contributed by atoms with Crippen molar-refractivity contribution in [2.24, 2.45) is 0 Å². The minimum Gasteiger partial charge on any atom is -0.399 e. The topological polar surface area (TPSA) is 55.1 Å². The Kier molecular flexibility index (Phi) is 4.22. The Morgan fingerprint density at radius 1 is 1.21 bits per heavy atom. The number of nitrogen functional groups attached to an aromatic ring is 1. The molecule has 3 nitrogen and oxygen atoms in total. The fourth-order valence-electron chi connectivity index (χ4n) is 1.72. The fourth-order valence-corrected chi connectivity index (χ4v) is 2.21. The van der Waals surface area contributed by atoms with Gasteiger partial charge in [-0.1, -0.05) is 19.1 Å². The molecule has 0 spiro atoms. The lowest BCUT2D eigenvalue weighted by atomic mass is 10.1. The number of hydrogen-bond acceptors (Lipinski definition) is 2. The van der Waals surface area contributed by atoms with Crippen molar-refractivity contribution in [3.05, 3.63) is 58.1 Å². The zero-order valence-corrected chi connectivity index (χ0v) is 12.2. The van der Waals surface area contributed by atoms with Crippen LogP contribution in [0.15, 0.2) is 46.9 Å². The van der Waals surface area contributed by atoms with Gasteiger partial charge in [-0.15, -0.1) is 0 Å². The minimum atomic E-state index is -0.131. The maximum Gasteiger partial charge on any atom is 0.255 e. The second-order valence-electron chi connectivity index (χ2n) is 4.24. The summed E-state index contributed by atoms with van der Waals surface area (Å²) in [4.78, 5) is 12.1. The molecule has 98 valence electrons. The van der Waals surface area contributed by atoms with Gasteiger partial charge in [0.1, 0.15) is 0 Å². The third-order valence-corrected chi connectivity index (χ3v) is 3.52. The Morgan fingerprint density at radius 3 is 2.47 bits per heavy atom. The summed E-state index contributed by atoms with van der Waals surface area (Å²) >= 11 is 3.38. The number of nitrogens with one attached hydrogen (secondary N) is 1. The smallest absolute Gasteiger partial charge is 0.255 e. The Hall–Kier alpha value is -1.81. The minimum absolute atomic E-state index is 0.131. The predicted octanol–water partition coefficient (Wildman–Crippen LogP) is 3.85. The lowest BCUT2D eigenvalue weighted by molar-refractivity contribution is 0.102. The molecule has 0 bridgehead atoms. The molecule has 0 aliphatic rings.